The lowest BCUT2D eigenvalue weighted by molar-refractivity contribution is -0.385. The molecule has 0 aliphatic heterocycles. The van der Waals surface area contributed by atoms with Crippen LogP contribution in [0.3, 0.4) is 0 Å². The largest absolute Gasteiger partial charge is 0.389 e. The van der Waals surface area contributed by atoms with Crippen LogP contribution in [0.2, 0.25) is 0 Å². The van der Waals surface area contributed by atoms with Crippen molar-refractivity contribution in [1.82, 2.24) is 4.31 Å². The Morgan fingerprint density at radius 3 is 2.62 bits per heavy atom. The number of sulfonamides is 1. The second-order valence-electron chi connectivity index (χ2n) is 4.27. The molecule has 1 atom stereocenters. The van der Waals surface area contributed by atoms with Crippen molar-refractivity contribution >= 4 is 15.7 Å². The van der Waals surface area contributed by atoms with Gasteiger partial charge in [-0.05, 0) is 6.07 Å². The lowest BCUT2D eigenvalue weighted by atomic mass is 10.3. The van der Waals surface area contributed by atoms with Crippen molar-refractivity contribution in [2.45, 2.75) is 11.0 Å². The monoisotopic (exact) mass is 322 g/mol. The van der Waals surface area contributed by atoms with Crippen LogP contribution < -0.4 is 0 Å². The molecule has 0 saturated carbocycles. The van der Waals surface area contributed by atoms with Crippen LogP contribution in [-0.4, -0.2) is 56.2 Å². The van der Waals surface area contributed by atoms with Crippen LogP contribution >= 0.6 is 0 Å². The number of rotatable bonds is 7. The molecule has 1 aromatic rings. The van der Waals surface area contributed by atoms with Crippen molar-refractivity contribution in [1.29, 1.82) is 0 Å². The Balaban J connectivity index is 3.05. The molecule has 0 radical (unpaired) electrons. The number of halogens is 1. The topological polar surface area (TPSA) is 110 Å². The Morgan fingerprint density at radius 1 is 1.52 bits per heavy atom. The molecule has 8 nitrogen and oxygen atoms in total. The minimum Gasteiger partial charge on any atom is -0.389 e. The van der Waals surface area contributed by atoms with E-state index in [1.54, 1.807) is 0 Å². The second-order valence-corrected chi connectivity index (χ2v) is 6.28. The Morgan fingerprint density at radius 2 is 2.14 bits per heavy atom. The molecule has 0 amide bonds. The summed E-state index contributed by atoms with van der Waals surface area (Å²) in [6.45, 7) is -0.380. The zero-order valence-electron chi connectivity index (χ0n) is 11.4. The first-order chi connectivity index (χ1) is 9.70. The van der Waals surface area contributed by atoms with E-state index in [1.165, 1.54) is 7.11 Å². The van der Waals surface area contributed by atoms with Gasteiger partial charge < -0.3 is 9.84 Å². The van der Waals surface area contributed by atoms with Crippen molar-refractivity contribution in [2.24, 2.45) is 0 Å². The van der Waals surface area contributed by atoms with Crippen molar-refractivity contribution in [3.05, 3.63) is 34.1 Å². The highest BCUT2D eigenvalue weighted by Gasteiger charge is 2.27. The number of benzene rings is 1. The second kappa shape index (κ2) is 6.89. The molecule has 0 bridgehead atoms. The highest BCUT2D eigenvalue weighted by Crippen LogP contribution is 2.22. The van der Waals surface area contributed by atoms with E-state index >= 15 is 0 Å². The Bertz CT molecular complexity index is 621. The van der Waals surface area contributed by atoms with Crippen LogP contribution in [0.25, 0.3) is 0 Å². The number of nitro groups is 1. The normalized spacial score (nSPS) is 13.4. The number of likely N-dealkylation sites (N-methyl/N-ethyl adjacent to an activating group) is 1. The van der Waals surface area contributed by atoms with Crippen molar-refractivity contribution < 1.29 is 27.6 Å². The number of nitrogens with zero attached hydrogens (tertiary/aromatic N) is 2. The van der Waals surface area contributed by atoms with Gasteiger partial charge in [-0.3, -0.25) is 10.1 Å². The summed E-state index contributed by atoms with van der Waals surface area (Å²) in [4.78, 5) is 8.98. The maximum Gasteiger partial charge on any atom is 0.272 e. The van der Waals surface area contributed by atoms with Crippen molar-refractivity contribution in [2.75, 3.05) is 27.3 Å². The first kappa shape index (κ1) is 17.4. The lowest BCUT2D eigenvalue weighted by Crippen LogP contribution is -2.36. The van der Waals surface area contributed by atoms with Gasteiger partial charge in [0.1, 0.15) is 10.7 Å². The molecule has 1 N–H and O–H groups in total. The van der Waals surface area contributed by atoms with E-state index in [9.17, 15) is 28.0 Å². The molecule has 0 spiro atoms. The van der Waals surface area contributed by atoms with Crippen LogP contribution in [-0.2, 0) is 14.8 Å². The van der Waals surface area contributed by atoms with Gasteiger partial charge in [0.15, 0.2) is 0 Å². The first-order valence-electron chi connectivity index (χ1n) is 5.77. The molecule has 0 fully saturated rings. The van der Waals surface area contributed by atoms with Gasteiger partial charge in [-0.15, -0.1) is 0 Å². The van der Waals surface area contributed by atoms with Gasteiger partial charge in [0.25, 0.3) is 5.69 Å². The molecule has 0 saturated heterocycles. The van der Waals surface area contributed by atoms with Gasteiger partial charge in [0.2, 0.25) is 10.0 Å². The highest BCUT2D eigenvalue weighted by atomic mass is 32.2. The molecular formula is C11H15FN2O6S. The molecule has 0 heterocycles. The number of hydrogen-bond donors (Lipinski definition) is 1. The Hall–Kier alpha value is -1.62. The number of nitro benzene ring substituents is 1. The Labute approximate surface area is 121 Å². The van der Waals surface area contributed by atoms with Gasteiger partial charge in [-0.25, -0.2) is 12.8 Å². The third kappa shape index (κ3) is 4.17. The van der Waals surface area contributed by atoms with Crippen LogP contribution in [0.1, 0.15) is 0 Å². The minimum atomic E-state index is -4.21. The molecule has 0 aromatic heterocycles. The fraction of sp³-hybridized carbons (Fsp3) is 0.455. The third-order valence-corrected chi connectivity index (χ3v) is 4.50. The summed E-state index contributed by atoms with van der Waals surface area (Å²) in [6.07, 6.45) is -1.07. The van der Waals surface area contributed by atoms with E-state index in [4.69, 9.17) is 0 Å². The summed E-state index contributed by atoms with van der Waals surface area (Å²) >= 11 is 0. The summed E-state index contributed by atoms with van der Waals surface area (Å²) in [6, 6.07) is 2.25. The summed E-state index contributed by atoms with van der Waals surface area (Å²) < 4.78 is 43.4. The van der Waals surface area contributed by atoms with Gasteiger partial charge in [0.05, 0.1) is 23.7 Å². The van der Waals surface area contributed by atoms with E-state index in [2.05, 4.69) is 4.74 Å². The molecular weight excluding hydrogens is 307 g/mol. The van der Waals surface area contributed by atoms with E-state index < -0.39 is 37.5 Å². The van der Waals surface area contributed by atoms with Gasteiger partial charge in [0, 0.05) is 26.8 Å². The van der Waals surface area contributed by atoms with Gasteiger partial charge in [-0.2, -0.15) is 4.31 Å². The number of ether oxygens (including phenoxy) is 1. The summed E-state index contributed by atoms with van der Waals surface area (Å²) in [5, 5.41) is 20.0. The van der Waals surface area contributed by atoms with Gasteiger partial charge >= 0.3 is 0 Å². The fourth-order valence-corrected chi connectivity index (χ4v) is 2.87. The Kier molecular flexibility index (Phi) is 5.72. The standard InChI is InChI=1S/C11H15FN2O6S/c1-13(6-9(15)7-20-2)21(18,19)11-4-3-8(14(16)17)5-10(11)12/h3-5,9,15H,6-7H2,1-2H3. The molecule has 0 aliphatic carbocycles. The quantitative estimate of drug-likeness (QED) is 0.573. The zero-order valence-corrected chi connectivity index (χ0v) is 12.2. The predicted molar refractivity (Wildman–Crippen MR) is 70.8 cm³/mol. The third-order valence-electron chi connectivity index (χ3n) is 2.64. The summed E-state index contributed by atoms with van der Waals surface area (Å²) in [7, 11) is -1.70. The van der Waals surface area contributed by atoms with E-state index in [1.807, 2.05) is 0 Å². The summed E-state index contributed by atoms with van der Waals surface area (Å²) in [5.41, 5.74) is -0.548. The first-order valence-corrected chi connectivity index (χ1v) is 7.21. The lowest BCUT2D eigenvalue weighted by Gasteiger charge is -2.20. The molecule has 118 valence electrons. The van der Waals surface area contributed by atoms with E-state index in [-0.39, 0.29) is 13.2 Å². The highest BCUT2D eigenvalue weighted by molar-refractivity contribution is 7.89. The maximum atomic E-state index is 13.8. The maximum absolute atomic E-state index is 13.8. The average Bonchev–Trinajstić information content (AvgIpc) is 2.38. The molecule has 1 aromatic carbocycles. The average molecular weight is 322 g/mol. The van der Waals surface area contributed by atoms with Crippen molar-refractivity contribution in [3.63, 3.8) is 0 Å². The van der Waals surface area contributed by atoms with Crippen LogP contribution in [0.5, 0.6) is 0 Å². The summed E-state index contributed by atoms with van der Waals surface area (Å²) in [5.74, 6) is -1.22. The number of methoxy groups -OCH3 is 1. The molecule has 1 unspecified atom stereocenters. The van der Waals surface area contributed by atoms with Crippen LogP contribution in [0.15, 0.2) is 23.1 Å². The smallest absolute Gasteiger partial charge is 0.272 e. The molecule has 10 heteroatoms. The number of aliphatic hydroxyl groups excluding tert-OH is 1. The van der Waals surface area contributed by atoms with Crippen LogP contribution in [0, 0.1) is 15.9 Å². The van der Waals surface area contributed by atoms with Gasteiger partial charge in [-0.1, -0.05) is 0 Å². The predicted octanol–water partition coefficient (Wildman–Crippen LogP) is 0.362. The van der Waals surface area contributed by atoms with E-state index in [0.29, 0.717) is 6.07 Å². The number of hydrogen-bond acceptors (Lipinski definition) is 6. The van der Waals surface area contributed by atoms with Crippen molar-refractivity contribution in [3.8, 4) is 0 Å². The van der Waals surface area contributed by atoms with Crippen LogP contribution in [0.4, 0.5) is 10.1 Å². The molecule has 1 rings (SSSR count). The SMILES string of the molecule is COCC(O)CN(C)S(=O)(=O)c1ccc([N+](=O)[O-])cc1F. The molecule has 0 aliphatic rings. The number of aliphatic hydroxyl groups is 1. The van der Waals surface area contributed by atoms with E-state index in [0.717, 1.165) is 23.5 Å². The fourth-order valence-electron chi connectivity index (χ4n) is 1.62. The number of non-ortho nitro benzene ring substituents is 1. The molecule has 21 heavy (non-hydrogen) atoms. The zero-order chi connectivity index (χ0) is 16.2. The minimum absolute atomic E-state index is 0.0808.